The van der Waals surface area contributed by atoms with Gasteiger partial charge in [0, 0.05) is 26.3 Å². The van der Waals surface area contributed by atoms with Crippen molar-refractivity contribution in [2.75, 3.05) is 13.1 Å². The van der Waals surface area contributed by atoms with Crippen LogP contribution in [-0.2, 0) is 9.53 Å². The van der Waals surface area contributed by atoms with Crippen molar-refractivity contribution in [1.82, 2.24) is 5.32 Å². The molecule has 13 heavy (non-hydrogen) atoms. The highest BCUT2D eigenvalue weighted by molar-refractivity contribution is 5.66. The fraction of sp³-hybridized carbons (Fsp3) is 0.875. The standard InChI is InChI=1S/C8H13F2NO2/c1-6(12)13-7-2-4-11-5-3-8(7,9)10/h7,11H,2-5H2,1H3. The van der Waals surface area contributed by atoms with Gasteiger partial charge in [0.1, 0.15) is 0 Å². The van der Waals surface area contributed by atoms with E-state index in [-0.39, 0.29) is 19.4 Å². The summed E-state index contributed by atoms with van der Waals surface area (Å²) in [6, 6.07) is 0. The van der Waals surface area contributed by atoms with E-state index in [2.05, 4.69) is 10.1 Å². The monoisotopic (exact) mass is 193 g/mol. The Morgan fingerprint density at radius 2 is 2.23 bits per heavy atom. The second kappa shape index (κ2) is 4.00. The average Bonchev–Trinajstić information content (AvgIpc) is 2.13. The zero-order chi connectivity index (χ0) is 9.90. The molecule has 0 aliphatic carbocycles. The maximum atomic E-state index is 13.2. The summed E-state index contributed by atoms with van der Waals surface area (Å²) in [6.07, 6.45) is -1.36. The molecule has 0 aromatic carbocycles. The van der Waals surface area contributed by atoms with Crippen molar-refractivity contribution in [1.29, 1.82) is 0 Å². The molecule has 0 amide bonds. The third-order valence-corrected chi connectivity index (χ3v) is 2.00. The van der Waals surface area contributed by atoms with Gasteiger partial charge in [-0.15, -0.1) is 0 Å². The molecule has 1 unspecified atom stereocenters. The lowest BCUT2D eigenvalue weighted by Crippen LogP contribution is -2.36. The van der Waals surface area contributed by atoms with E-state index in [1.165, 1.54) is 0 Å². The average molecular weight is 193 g/mol. The van der Waals surface area contributed by atoms with Crippen LogP contribution in [0.1, 0.15) is 19.8 Å². The Kier molecular flexibility index (Phi) is 3.19. The largest absolute Gasteiger partial charge is 0.456 e. The molecular formula is C8H13F2NO2. The zero-order valence-electron chi connectivity index (χ0n) is 7.48. The number of halogens is 2. The Balaban J connectivity index is 2.60. The van der Waals surface area contributed by atoms with Crippen molar-refractivity contribution >= 4 is 5.97 Å². The van der Waals surface area contributed by atoms with Crippen molar-refractivity contribution in [3.63, 3.8) is 0 Å². The molecule has 0 saturated carbocycles. The van der Waals surface area contributed by atoms with E-state index in [1.807, 2.05) is 0 Å². The van der Waals surface area contributed by atoms with Gasteiger partial charge in [0.05, 0.1) is 0 Å². The summed E-state index contributed by atoms with van der Waals surface area (Å²) in [5.41, 5.74) is 0. The van der Waals surface area contributed by atoms with E-state index in [9.17, 15) is 13.6 Å². The lowest BCUT2D eigenvalue weighted by molar-refractivity contribution is -0.171. The van der Waals surface area contributed by atoms with Crippen LogP contribution in [0.4, 0.5) is 8.78 Å². The zero-order valence-corrected chi connectivity index (χ0v) is 7.48. The van der Waals surface area contributed by atoms with Gasteiger partial charge in [-0.2, -0.15) is 0 Å². The number of esters is 1. The Bertz CT molecular complexity index is 197. The first-order valence-corrected chi connectivity index (χ1v) is 4.28. The quantitative estimate of drug-likeness (QED) is 0.630. The Hall–Kier alpha value is -0.710. The lowest BCUT2D eigenvalue weighted by Gasteiger charge is -2.23. The predicted molar refractivity (Wildman–Crippen MR) is 42.6 cm³/mol. The molecule has 0 spiro atoms. The van der Waals surface area contributed by atoms with Crippen LogP contribution in [0, 0.1) is 0 Å². The van der Waals surface area contributed by atoms with Gasteiger partial charge in [-0.25, -0.2) is 8.78 Å². The molecule has 5 heteroatoms. The number of hydrogen-bond donors (Lipinski definition) is 1. The Morgan fingerprint density at radius 3 is 2.85 bits per heavy atom. The van der Waals surface area contributed by atoms with Crippen LogP contribution in [0.15, 0.2) is 0 Å². The number of nitrogens with one attached hydrogen (secondary N) is 1. The Labute approximate surface area is 75.4 Å². The van der Waals surface area contributed by atoms with Crippen molar-refractivity contribution in [3.8, 4) is 0 Å². The molecular weight excluding hydrogens is 180 g/mol. The van der Waals surface area contributed by atoms with Crippen LogP contribution in [-0.4, -0.2) is 31.1 Å². The second-order valence-electron chi connectivity index (χ2n) is 3.15. The topological polar surface area (TPSA) is 38.3 Å². The van der Waals surface area contributed by atoms with Crippen LogP contribution in [0.3, 0.4) is 0 Å². The van der Waals surface area contributed by atoms with Crippen molar-refractivity contribution in [3.05, 3.63) is 0 Å². The minimum atomic E-state index is -2.89. The summed E-state index contributed by atoms with van der Waals surface area (Å²) in [6.45, 7) is 1.88. The highest BCUT2D eigenvalue weighted by Crippen LogP contribution is 2.28. The molecule has 1 rings (SSSR count). The smallest absolute Gasteiger partial charge is 0.303 e. The van der Waals surface area contributed by atoms with Crippen LogP contribution in [0.5, 0.6) is 0 Å². The first-order valence-electron chi connectivity index (χ1n) is 4.28. The van der Waals surface area contributed by atoms with Gasteiger partial charge in [0.2, 0.25) is 0 Å². The van der Waals surface area contributed by atoms with Crippen LogP contribution in [0.2, 0.25) is 0 Å². The summed E-state index contributed by atoms with van der Waals surface area (Å²) in [5.74, 6) is -3.54. The van der Waals surface area contributed by atoms with E-state index in [0.717, 1.165) is 6.92 Å². The van der Waals surface area contributed by atoms with Gasteiger partial charge in [-0.3, -0.25) is 4.79 Å². The minimum Gasteiger partial charge on any atom is -0.456 e. The van der Waals surface area contributed by atoms with Gasteiger partial charge >= 0.3 is 5.97 Å². The van der Waals surface area contributed by atoms with Crippen molar-refractivity contribution in [2.45, 2.75) is 31.8 Å². The van der Waals surface area contributed by atoms with Crippen LogP contribution in [0.25, 0.3) is 0 Å². The molecule has 76 valence electrons. The predicted octanol–water partition coefficient (Wildman–Crippen LogP) is 0.937. The number of carbonyl (C=O) groups is 1. The molecule has 1 aliphatic heterocycles. The number of carbonyl (C=O) groups excluding carboxylic acids is 1. The van der Waals surface area contributed by atoms with E-state index in [4.69, 9.17) is 0 Å². The maximum absolute atomic E-state index is 13.2. The van der Waals surface area contributed by atoms with E-state index in [0.29, 0.717) is 6.54 Å². The van der Waals surface area contributed by atoms with E-state index >= 15 is 0 Å². The van der Waals surface area contributed by atoms with Crippen LogP contribution >= 0.6 is 0 Å². The normalized spacial score (nSPS) is 27.8. The van der Waals surface area contributed by atoms with Crippen LogP contribution < -0.4 is 5.32 Å². The summed E-state index contributed by atoms with van der Waals surface area (Å²) in [7, 11) is 0. The first-order chi connectivity index (χ1) is 6.02. The molecule has 0 aromatic rings. The Morgan fingerprint density at radius 1 is 1.54 bits per heavy atom. The molecule has 1 heterocycles. The number of alkyl halides is 2. The molecule has 1 atom stereocenters. The van der Waals surface area contributed by atoms with Gasteiger partial charge in [-0.1, -0.05) is 0 Å². The molecule has 1 aliphatic rings. The number of ether oxygens (including phenoxy) is 1. The second-order valence-corrected chi connectivity index (χ2v) is 3.15. The molecule has 1 N–H and O–H groups in total. The first kappa shape index (κ1) is 10.4. The van der Waals surface area contributed by atoms with E-state index in [1.54, 1.807) is 0 Å². The highest BCUT2D eigenvalue weighted by Gasteiger charge is 2.42. The fourth-order valence-corrected chi connectivity index (χ4v) is 1.33. The van der Waals surface area contributed by atoms with E-state index < -0.39 is 18.0 Å². The summed E-state index contributed by atoms with van der Waals surface area (Å²) >= 11 is 0. The fourth-order valence-electron chi connectivity index (χ4n) is 1.33. The van der Waals surface area contributed by atoms with Crippen molar-refractivity contribution in [2.24, 2.45) is 0 Å². The summed E-state index contributed by atoms with van der Waals surface area (Å²) in [5, 5.41) is 2.83. The molecule has 3 nitrogen and oxygen atoms in total. The van der Waals surface area contributed by atoms with Gasteiger partial charge in [0.15, 0.2) is 6.10 Å². The van der Waals surface area contributed by atoms with Crippen molar-refractivity contribution < 1.29 is 18.3 Å². The molecule has 1 saturated heterocycles. The molecule has 0 aromatic heterocycles. The number of rotatable bonds is 1. The number of hydrogen-bond acceptors (Lipinski definition) is 3. The summed E-state index contributed by atoms with van der Waals surface area (Å²) in [4.78, 5) is 10.5. The van der Waals surface area contributed by atoms with Gasteiger partial charge < -0.3 is 10.1 Å². The molecule has 0 radical (unpaired) electrons. The molecule has 1 fully saturated rings. The van der Waals surface area contributed by atoms with Gasteiger partial charge in [0.25, 0.3) is 5.92 Å². The lowest BCUT2D eigenvalue weighted by atomic mass is 10.1. The van der Waals surface area contributed by atoms with Gasteiger partial charge in [-0.05, 0) is 6.54 Å². The molecule has 0 bridgehead atoms. The summed E-state index contributed by atoms with van der Waals surface area (Å²) < 4.78 is 30.9. The third kappa shape index (κ3) is 2.91. The SMILES string of the molecule is CC(=O)OC1CCNCCC1(F)F. The maximum Gasteiger partial charge on any atom is 0.303 e. The third-order valence-electron chi connectivity index (χ3n) is 2.00. The highest BCUT2D eigenvalue weighted by atomic mass is 19.3. The minimum absolute atomic E-state index is 0.173.